The molecule has 2 aromatic carbocycles. The van der Waals surface area contributed by atoms with Gasteiger partial charge in [-0.2, -0.15) is 5.26 Å². The first-order chi connectivity index (χ1) is 9.58. The third-order valence-electron chi connectivity index (χ3n) is 2.74. The van der Waals surface area contributed by atoms with Gasteiger partial charge in [0.05, 0.1) is 12.0 Å². The second-order valence-electron chi connectivity index (χ2n) is 4.43. The summed E-state index contributed by atoms with van der Waals surface area (Å²) in [5.74, 6) is 0.0878. The van der Waals surface area contributed by atoms with Crippen molar-refractivity contribution in [3.05, 3.63) is 59.2 Å². The van der Waals surface area contributed by atoms with E-state index in [1.165, 1.54) is 0 Å². The highest BCUT2D eigenvalue weighted by atomic mass is 16.5. The lowest BCUT2D eigenvalue weighted by molar-refractivity contribution is -0.136. The largest absolute Gasteiger partial charge is 0.481 e. The lowest BCUT2D eigenvalue weighted by Gasteiger charge is -2.09. The number of aryl methyl sites for hydroxylation is 1. The zero-order valence-corrected chi connectivity index (χ0v) is 11.0. The quantitative estimate of drug-likeness (QED) is 0.922. The summed E-state index contributed by atoms with van der Waals surface area (Å²) in [6.07, 6.45) is -0.0593. The number of hydrogen-bond donors (Lipinski definition) is 1. The minimum atomic E-state index is -0.893. The first kappa shape index (κ1) is 13.6. The number of rotatable bonds is 4. The number of nitriles is 1. The van der Waals surface area contributed by atoms with Crippen molar-refractivity contribution < 1.29 is 14.6 Å². The van der Waals surface area contributed by atoms with Gasteiger partial charge in [-0.05, 0) is 42.3 Å². The SMILES string of the molecule is Cc1ccc(Oc2cccc(CC(=O)O)c2)c(C#N)c1. The molecule has 0 aromatic heterocycles. The van der Waals surface area contributed by atoms with Crippen molar-refractivity contribution in [2.45, 2.75) is 13.3 Å². The molecular formula is C16H13NO3. The highest BCUT2D eigenvalue weighted by Crippen LogP contribution is 2.26. The van der Waals surface area contributed by atoms with Gasteiger partial charge in [-0.3, -0.25) is 4.79 Å². The number of carbonyl (C=O) groups is 1. The molecule has 20 heavy (non-hydrogen) atoms. The molecule has 0 heterocycles. The Morgan fingerprint density at radius 3 is 2.80 bits per heavy atom. The van der Waals surface area contributed by atoms with E-state index in [2.05, 4.69) is 6.07 Å². The number of ether oxygens (including phenoxy) is 1. The van der Waals surface area contributed by atoms with Gasteiger partial charge in [-0.15, -0.1) is 0 Å². The summed E-state index contributed by atoms with van der Waals surface area (Å²) in [6.45, 7) is 1.90. The van der Waals surface area contributed by atoms with E-state index in [0.29, 0.717) is 22.6 Å². The van der Waals surface area contributed by atoms with Crippen LogP contribution in [0, 0.1) is 18.3 Å². The fraction of sp³-hybridized carbons (Fsp3) is 0.125. The van der Waals surface area contributed by atoms with Gasteiger partial charge < -0.3 is 9.84 Å². The van der Waals surface area contributed by atoms with Crippen molar-refractivity contribution in [3.63, 3.8) is 0 Å². The first-order valence-corrected chi connectivity index (χ1v) is 6.08. The monoisotopic (exact) mass is 267 g/mol. The fourth-order valence-corrected chi connectivity index (χ4v) is 1.84. The van der Waals surface area contributed by atoms with Gasteiger partial charge in [0.2, 0.25) is 0 Å². The van der Waals surface area contributed by atoms with Crippen LogP contribution in [0.15, 0.2) is 42.5 Å². The molecule has 0 aliphatic rings. The van der Waals surface area contributed by atoms with Gasteiger partial charge in [-0.25, -0.2) is 0 Å². The normalized spacial score (nSPS) is 9.80. The van der Waals surface area contributed by atoms with Crippen LogP contribution < -0.4 is 4.74 Å². The zero-order valence-electron chi connectivity index (χ0n) is 11.0. The maximum Gasteiger partial charge on any atom is 0.307 e. The predicted octanol–water partition coefficient (Wildman–Crippen LogP) is 3.29. The Kier molecular flexibility index (Phi) is 4.02. The van der Waals surface area contributed by atoms with Crippen LogP contribution in [0.4, 0.5) is 0 Å². The number of aliphatic carboxylic acids is 1. The van der Waals surface area contributed by atoms with E-state index in [0.717, 1.165) is 5.56 Å². The highest BCUT2D eigenvalue weighted by molar-refractivity contribution is 5.70. The van der Waals surface area contributed by atoms with Crippen LogP contribution in [-0.2, 0) is 11.2 Å². The minimum absolute atomic E-state index is 0.0593. The average Bonchev–Trinajstić information content (AvgIpc) is 2.40. The highest BCUT2D eigenvalue weighted by Gasteiger charge is 2.06. The number of benzene rings is 2. The maximum absolute atomic E-state index is 10.7. The Morgan fingerprint density at radius 2 is 2.10 bits per heavy atom. The predicted molar refractivity (Wildman–Crippen MR) is 73.7 cm³/mol. The van der Waals surface area contributed by atoms with Crippen molar-refractivity contribution in [2.75, 3.05) is 0 Å². The smallest absolute Gasteiger partial charge is 0.307 e. The van der Waals surface area contributed by atoms with E-state index >= 15 is 0 Å². The van der Waals surface area contributed by atoms with Crippen molar-refractivity contribution in [2.24, 2.45) is 0 Å². The van der Waals surface area contributed by atoms with Crippen molar-refractivity contribution >= 4 is 5.97 Å². The molecule has 4 heteroatoms. The van der Waals surface area contributed by atoms with Crippen molar-refractivity contribution in [1.29, 1.82) is 5.26 Å². The molecule has 0 fully saturated rings. The molecule has 2 aromatic rings. The minimum Gasteiger partial charge on any atom is -0.481 e. The Labute approximate surface area is 116 Å². The van der Waals surface area contributed by atoms with Crippen LogP contribution in [0.5, 0.6) is 11.5 Å². The molecule has 0 spiro atoms. The molecule has 0 saturated carbocycles. The summed E-state index contributed by atoms with van der Waals surface area (Å²) in [5, 5.41) is 17.9. The van der Waals surface area contributed by atoms with E-state index < -0.39 is 5.97 Å². The number of carboxylic acids is 1. The molecule has 1 N–H and O–H groups in total. The number of carboxylic acid groups (broad SMARTS) is 1. The standard InChI is InChI=1S/C16H13NO3/c1-11-5-6-15(13(7-11)10-17)20-14-4-2-3-12(8-14)9-16(18)19/h2-8H,9H2,1H3,(H,18,19). The van der Waals surface area contributed by atoms with Gasteiger partial charge in [0.15, 0.2) is 0 Å². The van der Waals surface area contributed by atoms with Gasteiger partial charge in [0.25, 0.3) is 0 Å². The molecule has 0 aliphatic heterocycles. The van der Waals surface area contributed by atoms with Gasteiger partial charge in [0, 0.05) is 0 Å². The van der Waals surface area contributed by atoms with Gasteiger partial charge in [0.1, 0.15) is 17.6 Å². The first-order valence-electron chi connectivity index (χ1n) is 6.08. The summed E-state index contributed by atoms with van der Waals surface area (Å²) < 4.78 is 5.66. The van der Waals surface area contributed by atoms with E-state index in [9.17, 15) is 4.79 Å². The Bertz CT molecular complexity index is 686. The molecule has 2 rings (SSSR count). The molecule has 0 aliphatic carbocycles. The molecular weight excluding hydrogens is 254 g/mol. The van der Waals surface area contributed by atoms with E-state index in [1.807, 2.05) is 13.0 Å². The summed E-state index contributed by atoms with van der Waals surface area (Å²) in [7, 11) is 0. The van der Waals surface area contributed by atoms with Crippen molar-refractivity contribution in [1.82, 2.24) is 0 Å². The van der Waals surface area contributed by atoms with Gasteiger partial charge in [-0.1, -0.05) is 18.2 Å². The molecule has 0 unspecified atom stereocenters. The number of nitrogens with zero attached hydrogens (tertiary/aromatic N) is 1. The molecule has 0 amide bonds. The van der Waals surface area contributed by atoms with Crippen molar-refractivity contribution in [3.8, 4) is 17.6 Å². The summed E-state index contributed by atoms with van der Waals surface area (Å²) in [6, 6.07) is 14.3. The topological polar surface area (TPSA) is 70.3 Å². The van der Waals surface area contributed by atoms with E-state index in [1.54, 1.807) is 36.4 Å². The van der Waals surface area contributed by atoms with Crippen LogP contribution in [0.1, 0.15) is 16.7 Å². The molecule has 0 saturated heterocycles. The lowest BCUT2D eigenvalue weighted by Crippen LogP contribution is -2.00. The van der Waals surface area contributed by atoms with E-state index in [4.69, 9.17) is 15.1 Å². The molecule has 4 nitrogen and oxygen atoms in total. The van der Waals surface area contributed by atoms with Crippen LogP contribution in [-0.4, -0.2) is 11.1 Å². The molecule has 100 valence electrons. The number of hydrogen-bond acceptors (Lipinski definition) is 3. The Hall–Kier alpha value is -2.80. The van der Waals surface area contributed by atoms with Gasteiger partial charge >= 0.3 is 5.97 Å². The van der Waals surface area contributed by atoms with Crippen LogP contribution in [0.3, 0.4) is 0 Å². The average molecular weight is 267 g/mol. The molecule has 0 atom stereocenters. The molecule has 0 radical (unpaired) electrons. The summed E-state index contributed by atoms with van der Waals surface area (Å²) in [5.41, 5.74) is 2.09. The zero-order chi connectivity index (χ0) is 14.5. The summed E-state index contributed by atoms with van der Waals surface area (Å²) >= 11 is 0. The second-order valence-corrected chi connectivity index (χ2v) is 4.43. The van der Waals surface area contributed by atoms with E-state index in [-0.39, 0.29) is 6.42 Å². The lowest BCUT2D eigenvalue weighted by atomic mass is 10.1. The summed E-state index contributed by atoms with van der Waals surface area (Å²) in [4.78, 5) is 10.7. The maximum atomic E-state index is 10.7. The fourth-order valence-electron chi connectivity index (χ4n) is 1.84. The van der Waals surface area contributed by atoms with Crippen LogP contribution in [0.2, 0.25) is 0 Å². The Balaban J connectivity index is 2.26. The van der Waals surface area contributed by atoms with Crippen LogP contribution in [0.25, 0.3) is 0 Å². The molecule has 0 bridgehead atoms. The third-order valence-corrected chi connectivity index (χ3v) is 2.74. The Morgan fingerprint density at radius 1 is 1.30 bits per heavy atom. The third kappa shape index (κ3) is 3.36. The second kappa shape index (κ2) is 5.89. The van der Waals surface area contributed by atoms with Crippen LogP contribution >= 0.6 is 0 Å².